The van der Waals surface area contributed by atoms with Gasteiger partial charge in [-0.1, -0.05) is 19.1 Å². The van der Waals surface area contributed by atoms with E-state index < -0.39 is 11.9 Å². The van der Waals surface area contributed by atoms with Crippen LogP contribution in [0.1, 0.15) is 41.9 Å². The molecular weight excluding hydrogens is 381 g/mol. The number of aromatic nitrogens is 3. The van der Waals surface area contributed by atoms with E-state index in [2.05, 4.69) is 15.0 Å². The third kappa shape index (κ3) is 4.07. The highest BCUT2D eigenvalue weighted by atomic mass is 19.4. The van der Waals surface area contributed by atoms with Crippen LogP contribution >= 0.6 is 0 Å². The molecule has 1 fully saturated rings. The molecule has 1 unspecified atom stereocenters. The summed E-state index contributed by atoms with van der Waals surface area (Å²) in [6, 6.07) is 10.7. The van der Waals surface area contributed by atoms with Gasteiger partial charge in [-0.05, 0) is 43.1 Å². The van der Waals surface area contributed by atoms with Crippen molar-refractivity contribution in [3.63, 3.8) is 0 Å². The van der Waals surface area contributed by atoms with E-state index in [0.717, 1.165) is 47.9 Å². The molecule has 3 aromatic rings. The van der Waals surface area contributed by atoms with Gasteiger partial charge in [0.05, 0.1) is 12.8 Å². The number of aryl methyl sites for hydroxylation is 1. The molecule has 1 saturated heterocycles. The fraction of sp³-hybridized carbons (Fsp3) is 0.429. The third-order valence-electron chi connectivity index (χ3n) is 5.38. The fourth-order valence-electron chi connectivity index (χ4n) is 3.87. The molecule has 0 radical (unpaired) electrons. The first-order valence-electron chi connectivity index (χ1n) is 9.69. The molecule has 0 aliphatic carbocycles. The lowest BCUT2D eigenvalue weighted by Crippen LogP contribution is -2.20. The molecule has 2 aromatic heterocycles. The SMILES string of the molecule is CCc1cc(C(F)(F)F)n2nc(C3CCN(Cc4cccc(OC)c4)C3)cc2n1. The number of ether oxygens (including phenoxy) is 1. The molecule has 1 atom stereocenters. The van der Waals surface area contributed by atoms with Crippen molar-refractivity contribution >= 4 is 5.65 Å². The highest BCUT2D eigenvalue weighted by Gasteiger charge is 2.36. The molecule has 5 nitrogen and oxygen atoms in total. The molecule has 1 aliphatic heterocycles. The molecule has 29 heavy (non-hydrogen) atoms. The maximum absolute atomic E-state index is 13.5. The van der Waals surface area contributed by atoms with Crippen LogP contribution in [0.3, 0.4) is 0 Å². The number of likely N-dealkylation sites (tertiary alicyclic amines) is 1. The summed E-state index contributed by atoms with van der Waals surface area (Å²) in [4.78, 5) is 6.63. The molecule has 0 spiro atoms. The number of methoxy groups -OCH3 is 1. The minimum absolute atomic E-state index is 0.0912. The molecule has 8 heteroatoms. The van der Waals surface area contributed by atoms with Crippen molar-refractivity contribution in [2.45, 2.75) is 38.4 Å². The van der Waals surface area contributed by atoms with Gasteiger partial charge in [-0.3, -0.25) is 4.90 Å². The number of rotatable bonds is 5. The smallest absolute Gasteiger partial charge is 0.433 e. The Kier molecular flexibility index (Phi) is 5.21. The minimum Gasteiger partial charge on any atom is -0.497 e. The first kappa shape index (κ1) is 19.7. The number of hydrogen-bond donors (Lipinski definition) is 0. The quantitative estimate of drug-likeness (QED) is 0.636. The van der Waals surface area contributed by atoms with Gasteiger partial charge in [-0.2, -0.15) is 18.3 Å². The van der Waals surface area contributed by atoms with Crippen LogP contribution in [0, 0.1) is 0 Å². The number of alkyl halides is 3. The van der Waals surface area contributed by atoms with Gasteiger partial charge in [0.2, 0.25) is 0 Å². The molecule has 1 aromatic carbocycles. The van der Waals surface area contributed by atoms with Gasteiger partial charge >= 0.3 is 6.18 Å². The Morgan fingerprint density at radius 3 is 2.76 bits per heavy atom. The Morgan fingerprint density at radius 2 is 2.03 bits per heavy atom. The van der Waals surface area contributed by atoms with Gasteiger partial charge in [0.1, 0.15) is 11.4 Å². The molecule has 154 valence electrons. The summed E-state index contributed by atoms with van der Waals surface area (Å²) in [7, 11) is 1.64. The fourth-order valence-corrected chi connectivity index (χ4v) is 3.87. The van der Waals surface area contributed by atoms with Crippen LogP contribution in [0.2, 0.25) is 0 Å². The summed E-state index contributed by atoms with van der Waals surface area (Å²) in [5, 5.41) is 4.29. The van der Waals surface area contributed by atoms with E-state index in [9.17, 15) is 13.2 Å². The second-order valence-corrected chi connectivity index (χ2v) is 7.40. The lowest BCUT2D eigenvalue weighted by Gasteiger charge is -2.16. The van der Waals surface area contributed by atoms with Gasteiger partial charge in [0, 0.05) is 30.8 Å². The summed E-state index contributed by atoms with van der Waals surface area (Å²) >= 11 is 0. The highest BCUT2D eigenvalue weighted by Crippen LogP contribution is 2.33. The molecule has 0 N–H and O–H groups in total. The Bertz CT molecular complexity index is 1010. The molecule has 0 amide bonds. The highest BCUT2D eigenvalue weighted by molar-refractivity contribution is 5.43. The summed E-state index contributed by atoms with van der Waals surface area (Å²) < 4.78 is 46.7. The molecule has 0 bridgehead atoms. The molecule has 4 rings (SSSR count). The molecule has 1 aliphatic rings. The zero-order valence-corrected chi connectivity index (χ0v) is 16.4. The lowest BCUT2D eigenvalue weighted by molar-refractivity contribution is -0.142. The van der Waals surface area contributed by atoms with Crippen molar-refractivity contribution in [1.29, 1.82) is 0 Å². The number of halogens is 3. The van der Waals surface area contributed by atoms with E-state index >= 15 is 0 Å². The van der Waals surface area contributed by atoms with Crippen LogP contribution in [0.25, 0.3) is 5.65 Å². The van der Waals surface area contributed by atoms with Crippen molar-refractivity contribution in [3.8, 4) is 5.75 Å². The summed E-state index contributed by atoms with van der Waals surface area (Å²) in [5.74, 6) is 0.907. The van der Waals surface area contributed by atoms with E-state index in [0.29, 0.717) is 17.8 Å². The second kappa shape index (κ2) is 7.67. The van der Waals surface area contributed by atoms with Crippen LogP contribution in [-0.2, 0) is 19.1 Å². The second-order valence-electron chi connectivity index (χ2n) is 7.40. The summed E-state index contributed by atoms with van der Waals surface area (Å²) in [6.45, 7) is 4.19. The molecule has 3 heterocycles. The number of benzene rings is 1. The maximum atomic E-state index is 13.5. The van der Waals surface area contributed by atoms with Crippen molar-refractivity contribution < 1.29 is 17.9 Å². The lowest BCUT2D eigenvalue weighted by atomic mass is 10.1. The molecular formula is C21H23F3N4O. The normalized spacial score (nSPS) is 17.9. The van der Waals surface area contributed by atoms with Gasteiger partial charge in [0.25, 0.3) is 0 Å². The minimum atomic E-state index is -4.47. The largest absolute Gasteiger partial charge is 0.497 e. The average Bonchev–Trinajstić information content (AvgIpc) is 3.33. The zero-order chi connectivity index (χ0) is 20.6. The van der Waals surface area contributed by atoms with Gasteiger partial charge in [-0.15, -0.1) is 0 Å². The Balaban J connectivity index is 1.56. The van der Waals surface area contributed by atoms with Gasteiger partial charge < -0.3 is 4.74 Å². The zero-order valence-electron chi connectivity index (χ0n) is 16.4. The number of hydrogen-bond acceptors (Lipinski definition) is 4. The average molecular weight is 404 g/mol. The van der Waals surface area contributed by atoms with Crippen LogP contribution in [0.5, 0.6) is 5.75 Å². The summed E-state index contributed by atoms with van der Waals surface area (Å²) in [5.41, 5.74) is 1.73. The van der Waals surface area contributed by atoms with Gasteiger partial charge in [0.15, 0.2) is 5.65 Å². The van der Waals surface area contributed by atoms with E-state index in [1.807, 2.05) is 24.3 Å². The van der Waals surface area contributed by atoms with Crippen LogP contribution in [0.4, 0.5) is 13.2 Å². The summed E-state index contributed by atoms with van der Waals surface area (Å²) in [6.07, 6.45) is -3.17. The predicted octanol–water partition coefficient (Wildman–Crippen LogP) is 4.31. The van der Waals surface area contributed by atoms with Crippen molar-refractivity contribution in [3.05, 3.63) is 59.0 Å². The van der Waals surface area contributed by atoms with Crippen molar-refractivity contribution in [2.75, 3.05) is 20.2 Å². The Labute approximate surface area is 167 Å². The maximum Gasteiger partial charge on any atom is 0.433 e. The van der Waals surface area contributed by atoms with E-state index in [1.54, 1.807) is 20.1 Å². The number of nitrogens with zero attached hydrogens (tertiary/aromatic N) is 4. The first-order chi connectivity index (χ1) is 13.9. The third-order valence-corrected chi connectivity index (χ3v) is 5.38. The monoisotopic (exact) mass is 404 g/mol. The van der Waals surface area contributed by atoms with E-state index in [-0.39, 0.29) is 11.6 Å². The van der Waals surface area contributed by atoms with Crippen molar-refractivity contribution in [1.82, 2.24) is 19.5 Å². The Morgan fingerprint density at radius 1 is 1.21 bits per heavy atom. The topological polar surface area (TPSA) is 42.7 Å². The molecule has 0 saturated carbocycles. The van der Waals surface area contributed by atoms with E-state index in [1.165, 1.54) is 0 Å². The van der Waals surface area contributed by atoms with Crippen LogP contribution < -0.4 is 4.74 Å². The van der Waals surface area contributed by atoms with Gasteiger partial charge in [-0.25, -0.2) is 9.50 Å². The first-order valence-corrected chi connectivity index (χ1v) is 9.69. The van der Waals surface area contributed by atoms with Crippen LogP contribution in [-0.4, -0.2) is 39.7 Å². The predicted molar refractivity (Wildman–Crippen MR) is 103 cm³/mol. The van der Waals surface area contributed by atoms with Crippen molar-refractivity contribution in [2.24, 2.45) is 0 Å². The number of fused-ring (bicyclic) bond motifs is 1. The van der Waals surface area contributed by atoms with E-state index in [4.69, 9.17) is 4.74 Å². The Hall–Kier alpha value is -2.61. The standard InChI is InChI=1S/C21H23F3N4O/c1-3-16-10-19(21(22,23)24)28-20(25-16)11-18(26-28)15-7-8-27(13-15)12-14-5-4-6-17(9-14)29-2/h4-6,9-11,15H,3,7-8,12-13H2,1-2H3. The van der Waals surface area contributed by atoms with Crippen LogP contribution in [0.15, 0.2) is 36.4 Å².